The van der Waals surface area contributed by atoms with Gasteiger partial charge in [0, 0.05) is 13.1 Å². The Bertz CT molecular complexity index is 551. The van der Waals surface area contributed by atoms with Gasteiger partial charge in [-0.05, 0) is 25.4 Å². The molecule has 0 bridgehead atoms. The Kier molecular flexibility index (Phi) is 3.51. The van der Waals surface area contributed by atoms with Crippen LogP contribution in [0, 0.1) is 11.7 Å². The van der Waals surface area contributed by atoms with E-state index >= 15 is 0 Å². The minimum atomic E-state index is -1.31. The van der Waals surface area contributed by atoms with E-state index in [0.29, 0.717) is 0 Å². The number of nitrogens with one attached hydrogen (secondary N) is 1. The molecule has 2 rings (SSSR count). The fourth-order valence-electron chi connectivity index (χ4n) is 2.31. The van der Waals surface area contributed by atoms with Crippen molar-refractivity contribution >= 4 is 0 Å². The zero-order valence-electron chi connectivity index (χ0n) is 10.1. The van der Waals surface area contributed by atoms with Crippen LogP contribution in [0.5, 0.6) is 5.88 Å². The third kappa shape index (κ3) is 2.31. The number of nitrogens with zero attached hydrogens (tertiary/aromatic N) is 2. The Labute approximate surface area is 103 Å². The van der Waals surface area contributed by atoms with E-state index in [1.54, 1.807) is 0 Å². The van der Waals surface area contributed by atoms with Crippen molar-refractivity contribution in [3.63, 3.8) is 0 Å². The molecule has 1 aliphatic heterocycles. The Morgan fingerprint density at radius 2 is 2.22 bits per heavy atom. The van der Waals surface area contributed by atoms with Crippen molar-refractivity contribution in [3.05, 3.63) is 26.7 Å². The number of rotatable bonds is 3. The van der Waals surface area contributed by atoms with Crippen LogP contribution in [0.1, 0.15) is 13.3 Å². The van der Waals surface area contributed by atoms with Gasteiger partial charge >= 0.3 is 5.69 Å². The number of aromatic nitrogens is 2. The summed E-state index contributed by atoms with van der Waals surface area (Å²) in [6.07, 6.45) is 0.889. The molecular formula is C11H16FN3O3. The summed E-state index contributed by atoms with van der Waals surface area (Å²) in [7, 11) is 0. The van der Waals surface area contributed by atoms with Crippen LogP contribution < -0.4 is 11.2 Å². The number of aromatic hydroxyl groups is 1. The Hall–Kier alpha value is -1.63. The highest BCUT2D eigenvalue weighted by molar-refractivity contribution is 5.09. The minimum absolute atomic E-state index is 0.179. The fraction of sp³-hybridized carbons (Fsp3) is 0.636. The van der Waals surface area contributed by atoms with E-state index in [-0.39, 0.29) is 12.5 Å². The lowest BCUT2D eigenvalue weighted by atomic mass is 10.1. The van der Waals surface area contributed by atoms with Crippen LogP contribution in [0.2, 0.25) is 0 Å². The first-order chi connectivity index (χ1) is 8.52. The molecule has 6 nitrogen and oxygen atoms in total. The van der Waals surface area contributed by atoms with E-state index < -0.39 is 22.9 Å². The summed E-state index contributed by atoms with van der Waals surface area (Å²) in [6, 6.07) is 0. The monoisotopic (exact) mass is 257 g/mol. The molecule has 100 valence electrons. The van der Waals surface area contributed by atoms with Crippen LogP contribution in [-0.4, -0.2) is 39.2 Å². The molecule has 7 heteroatoms. The normalized spacial score (nSPS) is 20.4. The Morgan fingerprint density at radius 1 is 1.50 bits per heavy atom. The average molecular weight is 257 g/mol. The third-order valence-corrected chi connectivity index (χ3v) is 3.37. The van der Waals surface area contributed by atoms with E-state index in [9.17, 15) is 19.1 Å². The molecule has 1 aliphatic rings. The molecule has 0 amide bonds. The number of halogens is 1. The van der Waals surface area contributed by atoms with Crippen LogP contribution in [0.3, 0.4) is 0 Å². The predicted molar refractivity (Wildman–Crippen MR) is 63.2 cm³/mol. The van der Waals surface area contributed by atoms with Crippen molar-refractivity contribution in [2.45, 2.75) is 19.9 Å². The highest BCUT2D eigenvalue weighted by Crippen LogP contribution is 2.19. The fourth-order valence-corrected chi connectivity index (χ4v) is 2.31. The van der Waals surface area contributed by atoms with Gasteiger partial charge in [0.25, 0.3) is 5.56 Å². The molecule has 1 aromatic rings. The largest absolute Gasteiger partial charge is 0.492 e. The highest BCUT2D eigenvalue weighted by atomic mass is 19.1. The molecular weight excluding hydrogens is 241 g/mol. The van der Waals surface area contributed by atoms with E-state index in [4.69, 9.17) is 0 Å². The first kappa shape index (κ1) is 12.8. The number of aromatic amines is 1. The van der Waals surface area contributed by atoms with Gasteiger partial charge in [-0.25, -0.2) is 4.79 Å². The highest BCUT2D eigenvalue weighted by Gasteiger charge is 2.24. The molecule has 2 heterocycles. The lowest BCUT2D eigenvalue weighted by molar-refractivity contribution is 0.309. The van der Waals surface area contributed by atoms with E-state index in [2.05, 4.69) is 4.90 Å². The van der Waals surface area contributed by atoms with Crippen LogP contribution in [0.25, 0.3) is 0 Å². The summed E-state index contributed by atoms with van der Waals surface area (Å²) in [6.45, 7) is 4.93. The molecule has 0 aliphatic carbocycles. The second-order valence-electron chi connectivity index (χ2n) is 4.56. The van der Waals surface area contributed by atoms with Gasteiger partial charge in [0.05, 0.1) is 0 Å². The summed E-state index contributed by atoms with van der Waals surface area (Å²) in [5.74, 6) is -2.00. The van der Waals surface area contributed by atoms with Crippen molar-refractivity contribution in [3.8, 4) is 5.88 Å². The van der Waals surface area contributed by atoms with Gasteiger partial charge in [-0.15, -0.1) is 0 Å². The van der Waals surface area contributed by atoms with Gasteiger partial charge in [-0.1, -0.05) is 6.92 Å². The molecule has 1 saturated heterocycles. The summed E-state index contributed by atoms with van der Waals surface area (Å²) in [4.78, 5) is 26.5. The molecule has 1 atom stereocenters. The van der Waals surface area contributed by atoms with Gasteiger partial charge < -0.3 is 10.0 Å². The topological polar surface area (TPSA) is 78.3 Å². The smallest absolute Gasteiger partial charge is 0.331 e. The SMILES string of the molecule is CCN1CCC(Cn2c(O)c(F)c(=O)[nH]c2=O)C1. The first-order valence-electron chi connectivity index (χ1n) is 5.96. The summed E-state index contributed by atoms with van der Waals surface area (Å²) < 4.78 is 14.1. The van der Waals surface area contributed by atoms with Crippen molar-refractivity contribution in [2.24, 2.45) is 5.92 Å². The van der Waals surface area contributed by atoms with Crippen LogP contribution in [0.4, 0.5) is 4.39 Å². The zero-order chi connectivity index (χ0) is 13.3. The maximum absolute atomic E-state index is 13.2. The van der Waals surface area contributed by atoms with Crippen LogP contribution >= 0.6 is 0 Å². The maximum atomic E-state index is 13.2. The van der Waals surface area contributed by atoms with Crippen molar-refractivity contribution in [1.29, 1.82) is 0 Å². The molecule has 0 saturated carbocycles. The molecule has 18 heavy (non-hydrogen) atoms. The summed E-state index contributed by atoms with van der Waals surface area (Å²) in [5.41, 5.74) is -1.95. The van der Waals surface area contributed by atoms with Gasteiger partial charge in [-0.2, -0.15) is 4.39 Å². The molecule has 2 N–H and O–H groups in total. The van der Waals surface area contributed by atoms with Gasteiger partial charge in [-0.3, -0.25) is 14.3 Å². The van der Waals surface area contributed by atoms with Crippen molar-refractivity contribution in [1.82, 2.24) is 14.5 Å². The van der Waals surface area contributed by atoms with Gasteiger partial charge in [0.2, 0.25) is 11.7 Å². The van der Waals surface area contributed by atoms with E-state index in [1.165, 1.54) is 0 Å². The van der Waals surface area contributed by atoms with Crippen molar-refractivity contribution in [2.75, 3.05) is 19.6 Å². The summed E-state index contributed by atoms with van der Waals surface area (Å²) >= 11 is 0. The van der Waals surface area contributed by atoms with Gasteiger partial charge in [0.15, 0.2) is 0 Å². The number of hydrogen-bond donors (Lipinski definition) is 2. The van der Waals surface area contributed by atoms with Gasteiger partial charge in [0.1, 0.15) is 0 Å². The molecule has 0 radical (unpaired) electrons. The van der Waals surface area contributed by atoms with Crippen molar-refractivity contribution < 1.29 is 9.50 Å². The quantitative estimate of drug-likeness (QED) is 0.781. The average Bonchev–Trinajstić information content (AvgIpc) is 2.80. The standard InChI is InChI=1S/C11H16FN3O3/c1-2-14-4-3-7(5-14)6-15-10(17)8(12)9(16)13-11(15)18/h7,17H,2-6H2,1H3,(H,13,16,18). The molecule has 1 aromatic heterocycles. The number of hydrogen-bond acceptors (Lipinski definition) is 4. The third-order valence-electron chi connectivity index (χ3n) is 3.37. The van der Waals surface area contributed by atoms with E-state index in [0.717, 1.165) is 30.6 Å². The lowest BCUT2D eigenvalue weighted by Gasteiger charge is -2.15. The Balaban J connectivity index is 2.23. The lowest BCUT2D eigenvalue weighted by Crippen LogP contribution is -2.34. The molecule has 1 unspecified atom stereocenters. The molecule has 0 spiro atoms. The minimum Gasteiger partial charge on any atom is -0.492 e. The molecule has 0 aromatic carbocycles. The summed E-state index contributed by atoms with van der Waals surface area (Å²) in [5, 5.41) is 9.50. The molecule has 1 fully saturated rings. The second kappa shape index (κ2) is 4.93. The van der Waals surface area contributed by atoms with E-state index in [1.807, 2.05) is 11.9 Å². The second-order valence-corrected chi connectivity index (χ2v) is 4.56. The maximum Gasteiger partial charge on any atom is 0.331 e. The number of likely N-dealkylation sites (tertiary alicyclic amines) is 1. The van der Waals surface area contributed by atoms with Crippen LogP contribution in [-0.2, 0) is 6.54 Å². The van der Waals surface area contributed by atoms with Crippen LogP contribution in [0.15, 0.2) is 9.59 Å². The zero-order valence-corrected chi connectivity index (χ0v) is 10.1. The number of H-pyrrole nitrogens is 1. The Morgan fingerprint density at radius 3 is 2.83 bits per heavy atom. The predicted octanol–water partition coefficient (Wildman–Crippen LogP) is -0.277. The first-order valence-corrected chi connectivity index (χ1v) is 5.96.